The van der Waals surface area contributed by atoms with Crippen molar-refractivity contribution in [1.82, 2.24) is 15.5 Å². The van der Waals surface area contributed by atoms with Gasteiger partial charge in [0.15, 0.2) is 5.91 Å². The number of nitrogens with one attached hydrogen (secondary N) is 2. The second-order valence-corrected chi connectivity index (χ2v) is 6.74. The first-order valence-corrected chi connectivity index (χ1v) is 8.75. The van der Waals surface area contributed by atoms with Crippen LogP contribution in [0.5, 0.6) is 0 Å². The van der Waals surface area contributed by atoms with E-state index in [1.54, 1.807) is 24.3 Å². The van der Waals surface area contributed by atoms with Crippen LogP contribution in [0, 0.1) is 12.0 Å². The van der Waals surface area contributed by atoms with Gasteiger partial charge in [0.25, 0.3) is 0 Å². The van der Waals surface area contributed by atoms with Gasteiger partial charge in [-0.05, 0) is 45.3 Å². The van der Waals surface area contributed by atoms with Crippen LogP contribution in [0.25, 0.3) is 0 Å². The summed E-state index contributed by atoms with van der Waals surface area (Å²) in [5.74, 6) is -0.136. The predicted molar refractivity (Wildman–Crippen MR) is 94.8 cm³/mol. The minimum Gasteiger partial charge on any atom is -0.381 e. The number of amides is 3. The fourth-order valence-electron chi connectivity index (χ4n) is 2.74. The molecule has 6 nitrogen and oxygen atoms in total. The van der Waals surface area contributed by atoms with E-state index in [0.29, 0.717) is 12.0 Å². The van der Waals surface area contributed by atoms with Crippen LogP contribution in [0.15, 0.2) is 24.3 Å². The normalized spacial score (nSPS) is 20.9. The molecule has 0 saturated carbocycles. The molecule has 3 amide bonds. The molecule has 2 aliphatic heterocycles. The minimum absolute atomic E-state index is 0. The Morgan fingerprint density at radius 1 is 1.23 bits per heavy atom. The van der Waals surface area contributed by atoms with Gasteiger partial charge < -0.3 is 15.0 Å². The molecule has 7 heteroatoms. The van der Waals surface area contributed by atoms with Crippen LogP contribution in [0.4, 0.5) is 0 Å². The van der Waals surface area contributed by atoms with E-state index in [2.05, 4.69) is 35.6 Å². The van der Waals surface area contributed by atoms with E-state index < -0.39 is 11.9 Å². The van der Waals surface area contributed by atoms with Crippen LogP contribution in [0.1, 0.15) is 43.0 Å². The number of likely N-dealkylation sites (tertiary alicyclic amines) is 1. The van der Waals surface area contributed by atoms with Gasteiger partial charge in [-0.2, -0.15) is 0 Å². The molecule has 142 valence electrons. The number of hydrogen-bond donors (Lipinski definition) is 2. The Morgan fingerprint density at radius 3 is 2.46 bits per heavy atom. The van der Waals surface area contributed by atoms with E-state index in [-0.39, 0.29) is 39.3 Å². The molecular formula is C19H26N3O3W-. The summed E-state index contributed by atoms with van der Waals surface area (Å²) in [6.07, 6.45) is 3.38. The fraction of sp³-hybridized carbons (Fsp3) is 0.526. The van der Waals surface area contributed by atoms with Gasteiger partial charge in [-0.15, -0.1) is 30.3 Å². The molecule has 26 heavy (non-hydrogen) atoms. The zero-order valence-corrected chi connectivity index (χ0v) is 18.2. The quantitative estimate of drug-likeness (QED) is 0.450. The first-order valence-electron chi connectivity index (χ1n) is 8.75. The summed E-state index contributed by atoms with van der Waals surface area (Å²) in [5, 5.41) is 4.75. The largest absolute Gasteiger partial charge is 0.381 e. The van der Waals surface area contributed by atoms with Crippen molar-refractivity contribution >= 4 is 17.7 Å². The number of imide groups is 1. The maximum atomic E-state index is 11.7. The third kappa shape index (κ3) is 7.38. The molecular weight excluding hydrogens is 502 g/mol. The molecule has 2 fully saturated rings. The van der Waals surface area contributed by atoms with Crippen molar-refractivity contribution in [2.45, 2.75) is 38.6 Å². The molecule has 1 atom stereocenters. The van der Waals surface area contributed by atoms with E-state index >= 15 is 0 Å². The zero-order valence-electron chi connectivity index (χ0n) is 15.3. The Morgan fingerprint density at radius 2 is 1.92 bits per heavy atom. The number of hydrogen-bond acceptors (Lipinski definition) is 4. The SMILES string of the molecule is CC1CCN(C)CC1.O=C1CCC(NC(=O)c2[c-]cccc2)C(=O)N1.[W]. The Bertz CT molecular complexity index is 591. The van der Waals surface area contributed by atoms with Crippen molar-refractivity contribution in [2.75, 3.05) is 20.1 Å². The van der Waals surface area contributed by atoms with Crippen LogP contribution in [0.2, 0.25) is 0 Å². The third-order valence-electron chi connectivity index (χ3n) is 4.51. The molecule has 0 aliphatic carbocycles. The Labute approximate surface area is 169 Å². The number of carbonyl (C=O) groups is 3. The van der Waals surface area contributed by atoms with E-state index in [4.69, 9.17) is 0 Å². The number of piperidine rings is 2. The number of nitrogens with zero attached hydrogens (tertiary/aromatic N) is 1. The smallest absolute Gasteiger partial charge is 0.248 e. The first kappa shape index (κ1) is 22.5. The molecule has 3 rings (SSSR count). The fourth-order valence-corrected chi connectivity index (χ4v) is 2.74. The number of benzene rings is 1. The van der Waals surface area contributed by atoms with Gasteiger partial charge in [0.1, 0.15) is 6.04 Å². The van der Waals surface area contributed by atoms with Crippen molar-refractivity contribution in [2.24, 2.45) is 5.92 Å². The van der Waals surface area contributed by atoms with E-state index in [9.17, 15) is 14.4 Å². The average Bonchev–Trinajstić information content (AvgIpc) is 2.61. The van der Waals surface area contributed by atoms with Crippen molar-refractivity contribution in [3.63, 3.8) is 0 Å². The van der Waals surface area contributed by atoms with Gasteiger partial charge in [-0.3, -0.25) is 14.9 Å². The summed E-state index contributed by atoms with van der Waals surface area (Å²) in [6.45, 7) is 4.95. The number of carbonyl (C=O) groups excluding carboxylic acids is 3. The van der Waals surface area contributed by atoms with Gasteiger partial charge >= 0.3 is 0 Å². The second-order valence-electron chi connectivity index (χ2n) is 6.74. The Kier molecular flexibility index (Phi) is 9.74. The van der Waals surface area contributed by atoms with Crippen molar-refractivity contribution in [1.29, 1.82) is 0 Å². The van der Waals surface area contributed by atoms with E-state index in [1.165, 1.54) is 25.9 Å². The summed E-state index contributed by atoms with van der Waals surface area (Å²) < 4.78 is 0. The Hall–Kier alpha value is -1.52. The van der Waals surface area contributed by atoms with Crippen molar-refractivity contribution in [3.05, 3.63) is 35.9 Å². The minimum atomic E-state index is -0.645. The standard InChI is InChI=1S/C12H11N2O3.C7H15N.W/c15-10-7-6-9(12(17)14-10)13-11(16)8-4-2-1-3-5-8;1-7-3-5-8(2)6-4-7;/h1-4,9H,6-7H2,(H,13,16)(H,14,15,17);7H,3-6H2,1-2H3;/q-1;;. The molecule has 1 aromatic rings. The van der Waals surface area contributed by atoms with Gasteiger partial charge in [-0.25, -0.2) is 0 Å². The molecule has 1 aromatic carbocycles. The van der Waals surface area contributed by atoms with E-state index in [1.807, 2.05) is 0 Å². The zero-order chi connectivity index (χ0) is 18.2. The van der Waals surface area contributed by atoms with Crippen LogP contribution in [-0.4, -0.2) is 48.8 Å². The van der Waals surface area contributed by atoms with Crippen molar-refractivity contribution < 1.29 is 35.4 Å². The summed E-state index contributed by atoms with van der Waals surface area (Å²) in [4.78, 5) is 36.5. The summed E-state index contributed by atoms with van der Waals surface area (Å²) >= 11 is 0. The van der Waals surface area contributed by atoms with Gasteiger partial charge in [0, 0.05) is 27.5 Å². The van der Waals surface area contributed by atoms with Gasteiger partial charge in [0.2, 0.25) is 11.8 Å². The number of rotatable bonds is 2. The second kappa shape index (κ2) is 11.2. The van der Waals surface area contributed by atoms with Crippen LogP contribution >= 0.6 is 0 Å². The van der Waals surface area contributed by atoms with Crippen LogP contribution in [0.3, 0.4) is 0 Å². The Balaban J connectivity index is 0.000000318. The first-order chi connectivity index (χ1) is 12.0. The molecule has 0 spiro atoms. The van der Waals surface area contributed by atoms with Gasteiger partial charge in [0.05, 0.1) is 0 Å². The molecule has 0 bridgehead atoms. The topological polar surface area (TPSA) is 78.5 Å². The maximum absolute atomic E-state index is 11.7. The molecule has 2 heterocycles. The molecule has 1 unspecified atom stereocenters. The summed E-state index contributed by atoms with van der Waals surface area (Å²) in [5.41, 5.74) is 0.372. The molecule has 0 radical (unpaired) electrons. The molecule has 2 saturated heterocycles. The van der Waals surface area contributed by atoms with Crippen molar-refractivity contribution in [3.8, 4) is 0 Å². The predicted octanol–water partition coefficient (Wildman–Crippen LogP) is 1.37. The monoisotopic (exact) mass is 528 g/mol. The van der Waals surface area contributed by atoms with Crippen LogP contribution < -0.4 is 10.6 Å². The third-order valence-corrected chi connectivity index (χ3v) is 4.51. The molecule has 2 N–H and O–H groups in total. The average molecular weight is 528 g/mol. The van der Waals surface area contributed by atoms with Crippen LogP contribution in [-0.2, 0) is 30.7 Å². The summed E-state index contributed by atoms with van der Waals surface area (Å²) in [6, 6.07) is 8.83. The molecule has 0 aromatic heterocycles. The molecule has 2 aliphatic rings. The van der Waals surface area contributed by atoms with Gasteiger partial charge in [-0.1, -0.05) is 12.5 Å². The summed E-state index contributed by atoms with van der Waals surface area (Å²) in [7, 11) is 2.20. The maximum Gasteiger partial charge on any atom is 0.248 e. The van der Waals surface area contributed by atoms with E-state index in [0.717, 1.165) is 5.92 Å².